The average molecular weight is 500 g/mol. The van der Waals surface area contributed by atoms with Crippen molar-refractivity contribution in [2.75, 3.05) is 59.8 Å². The van der Waals surface area contributed by atoms with Crippen LogP contribution in [0.15, 0.2) is 42.5 Å². The van der Waals surface area contributed by atoms with Crippen molar-refractivity contribution in [2.45, 2.75) is 26.2 Å². The lowest BCUT2D eigenvalue weighted by Crippen LogP contribution is -2.47. The molecule has 2 heterocycles. The second kappa shape index (κ2) is 12.0. The van der Waals surface area contributed by atoms with Crippen molar-refractivity contribution in [3.05, 3.63) is 58.9 Å². The van der Waals surface area contributed by atoms with Gasteiger partial charge in [-0.2, -0.15) is 15.0 Å². The van der Waals surface area contributed by atoms with Gasteiger partial charge in [-0.05, 0) is 68.1 Å². The summed E-state index contributed by atoms with van der Waals surface area (Å²) in [6.45, 7) is 5.91. The second-order valence-corrected chi connectivity index (χ2v) is 8.96. The quantitative estimate of drug-likeness (QED) is 0.348. The van der Waals surface area contributed by atoms with Gasteiger partial charge >= 0.3 is 0 Å². The summed E-state index contributed by atoms with van der Waals surface area (Å²) in [6.07, 6.45) is 2.62. The molecule has 35 heavy (non-hydrogen) atoms. The Morgan fingerprint density at radius 1 is 0.914 bits per heavy atom. The van der Waals surface area contributed by atoms with E-state index in [0.717, 1.165) is 62.4 Å². The molecule has 0 spiro atoms. The molecule has 8 nitrogen and oxygen atoms in total. The van der Waals surface area contributed by atoms with Gasteiger partial charge in [0.1, 0.15) is 5.82 Å². The monoisotopic (exact) mass is 499 g/mol. The van der Waals surface area contributed by atoms with E-state index in [0.29, 0.717) is 29.4 Å². The maximum absolute atomic E-state index is 13.3. The van der Waals surface area contributed by atoms with Crippen LogP contribution in [0.1, 0.15) is 24.8 Å². The largest absolute Gasteiger partial charge is 0.396 e. The van der Waals surface area contributed by atoms with Crippen LogP contribution in [-0.4, -0.2) is 59.4 Å². The predicted octanol–water partition coefficient (Wildman–Crippen LogP) is 4.62. The second-order valence-electron chi connectivity index (χ2n) is 8.53. The van der Waals surface area contributed by atoms with Crippen LogP contribution in [0.2, 0.25) is 5.02 Å². The maximum Gasteiger partial charge on any atom is 0.233 e. The van der Waals surface area contributed by atoms with Gasteiger partial charge in [0.25, 0.3) is 0 Å². The lowest BCUT2D eigenvalue weighted by atomic mass is 10.2. The molecule has 0 atom stereocenters. The first kappa shape index (κ1) is 24.9. The van der Waals surface area contributed by atoms with Crippen molar-refractivity contribution >= 4 is 40.8 Å². The molecule has 1 saturated heterocycles. The number of rotatable bonds is 10. The number of nitrogens with zero attached hydrogens (tertiary/aromatic N) is 5. The van der Waals surface area contributed by atoms with Gasteiger partial charge in [0, 0.05) is 55.7 Å². The van der Waals surface area contributed by atoms with Gasteiger partial charge in [-0.3, -0.25) is 0 Å². The van der Waals surface area contributed by atoms with Crippen molar-refractivity contribution in [1.82, 2.24) is 15.0 Å². The number of aliphatic hydroxyl groups excluding tert-OH is 1. The van der Waals surface area contributed by atoms with Crippen molar-refractivity contribution < 1.29 is 9.50 Å². The highest BCUT2D eigenvalue weighted by molar-refractivity contribution is 6.30. The highest BCUT2D eigenvalue weighted by Crippen LogP contribution is 2.25. The first-order chi connectivity index (χ1) is 17.0. The molecular formula is C25H31ClFN7O. The molecule has 1 aliphatic heterocycles. The van der Waals surface area contributed by atoms with E-state index in [-0.39, 0.29) is 12.4 Å². The van der Waals surface area contributed by atoms with Crippen molar-refractivity contribution in [3.8, 4) is 0 Å². The summed E-state index contributed by atoms with van der Waals surface area (Å²) in [6, 6.07) is 12.2. The molecule has 3 N–H and O–H groups in total. The van der Waals surface area contributed by atoms with Gasteiger partial charge in [0.15, 0.2) is 0 Å². The summed E-state index contributed by atoms with van der Waals surface area (Å²) < 4.78 is 13.3. The fraction of sp³-hybridized carbons (Fsp3) is 0.400. The standard InChI is InChI=1S/C25H31ClFN7O/c1-18-5-6-19(26)17-22(18)29-24-30-23(28-11-3-2-4-16-35)31-25(32-24)34-14-12-33(13-15-34)21-9-7-20(27)8-10-21/h5-10,17,35H,2-4,11-16H2,1H3,(H2,28,29,30,31,32). The van der Waals surface area contributed by atoms with Gasteiger partial charge in [0.2, 0.25) is 17.8 Å². The van der Waals surface area contributed by atoms with E-state index in [4.69, 9.17) is 21.7 Å². The topological polar surface area (TPSA) is 89.4 Å². The molecule has 1 fully saturated rings. The summed E-state index contributed by atoms with van der Waals surface area (Å²) in [5, 5.41) is 16.2. The number of aliphatic hydroxyl groups is 1. The van der Waals surface area contributed by atoms with E-state index in [9.17, 15) is 4.39 Å². The van der Waals surface area contributed by atoms with Crippen LogP contribution in [0.5, 0.6) is 0 Å². The minimum absolute atomic E-state index is 0.201. The number of halogens is 2. The summed E-state index contributed by atoms with van der Waals surface area (Å²) in [7, 11) is 0. The number of unbranched alkanes of at least 4 members (excludes halogenated alkanes) is 2. The molecule has 4 rings (SSSR count). The lowest BCUT2D eigenvalue weighted by molar-refractivity contribution is 0.283. The number of nitrogens with one attached hydrogen (secondary N) is 2. The van der Waals surface area contributed by atoms with Crippen LogP contribution in [-0.2, 0) is 0 Å². The molecule has 0 radical (unpaired) electrons. The molecule has 186 valence electrons. The summed E-state index contributed by atoms with van der Waals surface area (Å²) in [5.74, 6) is 1.31. The summed E-state index contributed by atoms with van der Waals surface area (Å²) >= 11 is 6.19. The van der Waals surface area contributed by atoms with Crippen molar-refractivity contribution in [2.24, 2.45) is 0 Å². The zero-order chi connectivity index (χ0) is 24.6. The fourth-order valence-corrected chi connectivity index (χ4v) is 4.09. The highest BCUT2D eigenvalue weighted by atomic mass is 35.5. The van der Waals surface area contributed by atoms with E-state index < -0.39 is 0 Å². The van der Waals surface area contributed by atoms with E-state index in [1.165, 1.54) is 12.1 Å². The van der Waals surface area contributed by atoms with E-state index in [1.54, 1.807) is 0 Å². The number of piperazine rings is 1. The minimum Gasteiger partial charge on any atom is -0.396 e. The van der Waals surface area contributed by atoms with Crippen LogP contribution in [0, 0.1) is 12.7 Å². The van der Waals surface area contributed by atoms with Crippen molar-refractivity contribution in [3.63, 3.8) is 0 Å². The number of aryl methyl sites for hydroxylation is 1. The lowest BCUT2D eigenvalue weighted by Gasteiger charge is -2.36. The Bertz CT molecular complexity index is 1110. The molecule has 10 heteroatoms. The Morgan fingerprint density at radius 3 is 2.37 bits per heavy atom. The third-order valence-electron chi connectivity index (χ3n) is 5.94. The molecule has 3 aromatic rings. The number of hydrogen-bond acceptors (Lipinski definition) is 8. The van der Waals surface area contributed by atoms with Crippen LogP contribution >= 0.6 is 11.6 Å². The Kier molecular flexibility index (Phi) is 8.54. The molecule has 0 aliphatic carbocycles. The summed E-state index contributed by atoms with van der Waals surface area (Å²) in [4.78, 5) is 18.3. The zero-order valence-corrected chi connectivity index (χ0v) is 20.6. The number of aromatic nitrogens is 3. The molecule has 2 aromatic carbocycles. The Balaban J connectivity index is 1.49. The van der Waals surface area contributed by atoms with Gasteiger partial charge in [-0.1, -0.05) is 17.7 Å². The van der Waals surface area contributed by atoms with E-state index >= 15 is 0 Å². The third kappa shape index (κ3) is 6.93. The molecule has 0 saturated carbocycles. The van der Waals surface area contributed by atoms with E-state index in [2.05, 4.69) is 30.4 Å². The Hall–Kier alpha value is -3.17. The molecule has 0 amide bonds. The molecule has 1 aliphatic rings. The van der Waals surface area contributed by atoms with Gasteiger partial charge in [0.05, 0.1) is 0 Å². The van der Waals surface area contributed by atoms with Gasteiger partial charge in [-0.25, -0.2) is 4.39 Å². The minimum atomic E-state index is -0.232. The Morgan fingerprint density at radius 2 is 1.63 bits per heavy atom. The van der Waals surface area contributed by atoms with Gasteiger partial charge in [-0.15, -0.1) is 0 Å². The zero-order valence-electron chi connectivity index (χ0n) is 19.8. The normalized spacial score (nSPS) is 13.7. The highest BCUT2D eigenvalue weighted by Gasteiger charge is 2.21. The molecular weight excluding hydrogens is 469 g/mol. The first-order valence-electron chi connectivity index (χ1n) is 11.9. The fourth-order valence-electron chi connectivity index (χ4n) is 3.92. The van der Waals surface area contributed by atoms with Crippen LogP contribution in [0.25, 0.3) is 0 Å². The number of anilines is 5. The first-order valence-corrected chi connectivity index (χ1v) is 12.3. The van der Waals surface area contributed by atoms with Gasteiger partial charge < -0.3 is 25.5 Å². The van der Waals surface area contributed by atoms with E-state index in [1.807, 2.05) is 37.3 Å². The van der Waals surface area contributed by atoms with Crippen molar-refractivity contribution in [1.29, 1.82) is 0 Å². The third-order valence-corrected chi connectivity index (χ3v) is 6.18. The van der Waals surface area contributed by atoms with Crippen LogP contribution in [0.3, 0.4) is 0 Å². The molecule has 0 unspecified atom stereocenters. The maximum atomic E-state index is 13.3. The smallest absolute Gasteiger partial charge is 0.233 e. The SMILES string of the molecule is Cc1ccc(Cl)cc1Nc1nc(NCCCCCO)nc(N2CCN(c3ccc(F)cc3)CC2)n1. The molecule has 0 bridgehead atoms. The summed E-state index contributed by atoms with van der Waals surface area (Å²) in [5.41, 5.74) is 2.87. The Labute approximate surface area is 210 Å². The number of benzene rings is 2. The predicted molar refractivity (Wildman–Crippen MR) is 140 cm³/mol. The molecule has 1 aromatic heterocycles. The van der Waals surface area contributed by atoms with Crippen LogP contribution in [0.4, 0.5) is 33.6 Å². The number of hydrogen-bond donors (Lipinski definition) is 3. The van der Waals surface area contributed by atoms with Crippen LogP contribution < -0.4 is 20.4 Å². The average Bonchev–Trinajstić information content (AvgIpc) is 2.87.